The maximum atomic E-state index is 13.6. The SMILES string of the molecule is COc1ccc(C#Cc2cc(F)ccc2C=Nn2cc(C)nc2N)cc1. The van der Waals surface area contributed by atoms with Crippen LogP contribution >= 0.6 is 0 Å². The zero-order chi connectivity index (χ0) is 18.5. The summed E-state index contributed by atoms with van der Waals surface area (Å²) in [6.45, 7) is 1.83. The zero-order valence-electron chi connectivity index (χ0n) is 14.4. The molecule has 0 amide bonds. The number of anilines is 1. The highest BCUT2D eigenvalue weighted by atomic mass is 19.1. The molecule has 0 saturated heterocycles. The minimum atomic E-state index is -0.362. The molecule has 0 aliphatic carbocycles. The van der Waals surface area contributed by atoms with Gasteiger partial charge in [-0.05, 0) is 49.4 Å². The lowest BCUT2D eigenvalue weighted by atomic mass is 10.1. The molecule has 0 radical (unpaired) electrons. The average molecular weight is 348 g/mol. The van der Waals surface area contributed by atoms with Gasteiger partial charge in [-0.2, -0.15) is 5.10 Å². The molecule has 0 fully saturated rings. The highest BCUT2D eigenvalue weighted by Gasteiger charge is 2.02. The number of imidazole rings is 1. The third-order valence-electron chi connectivity index (χ3n) is 3.60. The molecule has 1 aromatic heterocycles. The number of ether oxygens (including phenoxy) is 1. The first-order valence-electron chi connectivity index (χ1n) is 7.86. The van der Waals surface area contributed by atoms with Crippen molar-refractivity contribution in [2.75, 3.05) is 12.8 Å². The van der Waals surface area contributed by atoms with Gasteiger partial charge < -0.3 is 10.5 Å². The molecule has 0 spiro atoms. The van der Waals surface area contributed by atoms with Crippen molar-refractivity contribution in [3.05, 3.63) is 76.9 Å². The lowest BCUT2D eigenvalue weighted by molar-refractivity contribution is 0.415. The van der Waals surface area contributed by atoms with E-state index in [1.54, 1.807) is 25.6 Å². The molecular weight excluding hydrogens is 331 g/mol. The minimum absolute atomic E-state index is 0.284. The second-order valence-electron chi connectivity index (χ2n) is 5.54. The van der Waals surface area contributed by atoms with Crippen LogP contribution in [0.1, 0.15) is 22.4 Å². The van der Waals surface area contributed by atoms with Crippen LogP contribution in [0.5, 0.6) is 5.75 Å². The van der Waals surface area contributed by atoms with Gasteiger partial charge in [0.05, 0.1) is 25.2 Å². The zero-order valence-corrected chi connectivity index (χ0v) is 14.4. The summed E-state index contributed by atoms with van der Waals surface area (Å²) in [4.78, 5) is 4.08. The molecule has 0 bridgehead atoms. The van der Waals surface area contributed by atoms with E-state index in [2.05, 4.69) is 21.9 Å². The lowest BCUT2D eigenvalue weighted by Gasteiger charge is -2.00. The van der Waals surface area contributed by atoms with E-state index in [1.165, 1.54) is 16.8 Å². The molecule has 0 saturated carbocycles. The maximum Gasteiger partial charge on any atom is 0.221 e. The Bertz CT molecular complexity index is 1010. The van der Waals surface area contributed by atoms with Gasteiger partial charge in [0.15, 0.2) is 0 Å². The summed E-state index contributed by atoms with van der Waals surface area (Å²) in [7, 11) is 1.60. The molecule has 3 aromatic rings. The van der Waals surface area contributed by atoms with E-state index in [1.807, 2.05) is 31.2 Å². The number of aromatic nitrogens is 2. The van der Waals surface area contributed by atoms with Gasteiger partial charge in [0.1, 0.15) is 11.6 Å². The van der Waals surface area contributed by atoms with E-state index >= 15 is 0 Å². The molecule has 0 atom stereocenters. The first-order chi connectivity index (χ1) is 12.5. The minimum Gasteiger partial charge on any atom is -0.497 e. The number of hydrogen-bond donors (Lipinski definition) is 1. The smallest absolute Gasteiger partial charge is 0.221 e. The van der Waals surface area contributed by atoms with Crippen molar-refractivity contribution in [1.82, 2.24) is 9.66 Å². The van der Waals surface area contributed by atoms with Crippen LogP contribution in [0.3, 0.4) is 0 Å². The van der Waals surface area contributed by atoms with Crippen LogP contribution in [0.15, 0.2) is 53.8 Å². The molecule has 5 nitrogen and oxygen atoms in total. The predicted octanol–water partition coefficient (Wildman–Crippen LogP) is 3.20. The molecule has 6 heteroatoms. The Kier molecular flexibility index (Phi) is 4.99. The number of hydrogen-bond acceptors (Lipinski definition) is 4. The molecule has 26 heavy (non-hydrogen) atoms. The van der Waals surface area contributed by atoms with Gasteiger partial charge >= 0.3 is 0 Å². The van der Waals surface area contributed by atoms with E-state index in [4.69, 9.17) is 10.5 Å². The van der Waals surface area contributed by atoms with E-state index in [-0.39, 0.29) is 11.8 Å². The van der Waals surface area contributed by atoms with Crippen LogP contribution in [-0.2, 0) is 0 Å². The maximum absolute atomic E-state index is 13.6. The molecule has 3 rings (SSSR count). The van der Waals surface area contributed by atoms with Crippen molar-refractivity contribution < 1.29 is 9.13 Å². The topological polar surface area (TPSA) is 65.4 Å². The number of benzene rings is 2. The molecule has 0 unspecified atom stereocenters. The van der Waals surface area contributed by atoms with Crippen molar-refractivity contribution in [1.29, 1.82) is 0 Å². The number of nitrogen functional groups attached to an aromatic ring is 1. The van der Waals surface area contributed by atoms with Crippen LogP contribution in [0, 0.1) is 24.6 Å². The van der Waals surface area contributed by atoms with Crippen molar-refractivity contribution in [2.45, 2.75) is 6.92 Å². The fraction of sp³-hybridized carbons (Fsp3) is 0.100. The number of rotatable bonds is 3. The Hall–Kier alpha value is -3.59. The molecule has 2 N–H and O–H groups in total. The van der Waals surface area contributed by atoms with E-state index in [9.17, 15) is 4.39 Å². The van der Waals surface area contributed by atoms with Crippen LogP contribution in [-0.4, -0.2) is 23.0 Å². The summed E-state index contributed by atoms with van der Waals surface area (Å²) >= 11 is 0. The van der Waals surface area contributed by atoms with Gasteiger partial charge in [-0.3, -0.25) is 0 Å². The highest BCUT2D eigenvalue weighted by molar-refractivity contribution is 5.83. The Balaban J connectivity index is 1.91. The fourth-order valence-electron chi connectivity index (χ4n) is 2.28. The number of methoxy groups -OCH3 is 1. The Morgan fingerprint density at radius 1 is 1.19 bits per heavy atom. The number of aryl methyl sites for hydroxylation is 1. The van der Waals surface area contributed by atoms with Crippen LogP contribution in [0.25, 0.3) is 0 Å². The third-order valence-corrected chi connectivity index (χ3v) is 3.60. The molecule has 0 aliphatic rings. The second kappa shape index (κ2) is 7.53. The van der Waals surface area contributed by atoms with Gasteiger partial charge in [0.2, 0.25) is 5.95 Å². The Morgan fingerprint density at radius 2 is 1.96 bits per heavy atom. The average Bonchev–Trinajstić information content (AvgIpc) is 2.97. The Labute approximate surface area is 150 Å². The van der Waals surface area contributed by atoms with Crippen molar-refractivity contribution in [3.63, 3.8) is 0 Å². The van der Waals surface area contributed by atoms with Crippen LogP contribution in [0.2, 0.25) is 0 Å². The standard InChI is InChI=1S/C20H17FN4O/c1-14-13-25(20(22)24-14)23-12-17-7-8-18(21)11-16(17)6-3-15-4-9-19(26-2)10-5-15/h4-5,7-13H,1-2H3,(H2,22,24). The summed E-state index contributed by atoms with van der Waals surface area (Å²) < 4.78 is 20.2. The second-order valence-corrected chi connectivity index (χ2v) is 5.54. The quantitative estimate of drug-likeness (QED) is 0.584. The Morgan fingerprint density at radius 3 is 2.62 bits per heavy atom. The summed E-state index contributed by atoms with van der Waals surface area (Å²) in [5, 5.41) is 4.26. The summed E-state index contributed by atoms with van der Waals surface area (Å²) in [5.74, 6) is 6.68. The van der Waals surface area contributed by atoms with Gasteiger partial charge in [-0.1, -0.05) is 11.8 Å². The van der Waals surface area contributed by atoms with Gasteiger partial charge in [-0.25, -0.2) is 14.1 Å². The van der Waals surface area contributed by atoms with Crippen molar-refractivity contribution in [3.8, 4) is 17.6 Å². The number of nitrogens with zero attached hydrogens (tertiary/aromatic N) is 3. The van der Waals surface area contributed by atoms with Gasteiger partial charge in [0.25, 0.3) is 0 Å². The normalized spacial score (nSPS) is 10.6. The fourth-order valence-corrected chi connectivity index (χ4v) is 2.28. The molecule has 1 heterocycles. The van der Waals surface area contributed by atoms with E-state index in [0.29, 0.717) is 11.1 Å². The van der Waals surface area contributed by atoms with E-state index in [0.717, 1.165) is 17.0 Å². The predicted molar refractivity (Wildman–Crippen MR) is 99.7 cm³/mol. The monoisotopic (exact) mass is 348 g/mol. The largest absolute Gasteiger partial charge is 0.497 e. The summed E-state index contributed by atoms with van der Waals surface area (Å²) in [6.07, 6.45) is 3.28. The number of halogens is 1. The third kappa shape index (κ3) is 4.08. The van der Waals surface area contributed by atoms with Gasteiger partial charge in [-0.15, -0.1) is 0 Å². The van der Waals surface area contributed by atoms with Crippen molar-refractivity contribution >= 4 is 12.2 Å². The molecular formula is C20H17FN4O. The highest BCUT2D eigenvalue weighted by Crippen LogP contribution is 2.12. The molecule has 0 aliphatic heterocycles. The van der Waals surface area contributed by atoms with Crippen LogP contribution < -0.4 is 10.5 Å². The first kappa shape index (κ1) is 17.2. The number of nitrogens with two attached hydrogens (primary N) is 1. The summed E-state index contributed by atoms with van der Waals surface area (Å²) in [6, 6.07) is 11.7. The lowest BCUT2D eigenvalue weighted by Crippen LogP contribution is -1.98. The summed E-state index contributed by atoms with van der Waals surface area (Å²) in [5.41, 5.74) is 8.53. The molecule has 130 valence electrons. The molecule has 2 aromatic carbocycles. The van der Waals surface area contributed by atoms with Gasteiger partial charge in [0, 0.05) is 16.7 Å². The van der Waals surface area contributed by atoms with Crippen molar-refractivity contribution in [2.24, 2.45) is 5.10 Å². The van der Waals surface area contributed by atoms with Crippen LogP contribution in [0.4, 0.5) is 10.3 Å². The van der Waals surface area contributed by atoms with E-state index < -0.39 is 0 Å². The first-order valence-corrected chi connectivity index (χ1v) is 7.86.